The summed E-state index contributed by atoms with van der Waals surface area (Å²) in [5.74, 6) is 0.392. The molecule has 4 nitrogen and oxygen atoms in total. The van der Waals surface area contributed by atoms with E-state index >= 15 is 0 Å². The third-order valence-electron chi connectivity index (χ3n) is 3.83. The van der Waals surface area contributed by atoms with E-state index in [1.807, 2.05) is 17.8 Å². The van der Waals surface area contributed by atoms with Crippen LogP contribution in [-0.2, 0) is 18.2 Å². The Balaban J connectivity index is 2.14. The Hall–Kier alpha value is -1.13. The molecular weight excluding hydrogens is 298 g/mol. The summed E-state index contributed by atoms with van der Waals surface area (Å²) in [7, 11) is 1.98. The van der Waals surface area contributed by atoms with Crippen LogP contribution in [0.25, 0.3) is 11.0 Å². The van der Waals surface area contributed by atoms with Crippen molar-refractivity contribution in [1.82, 2.24) is 14.8 Å². The quantitative estimate of drug-likeness (QED) is 0.530. The van der Waals surface area contributed by atoms with E-state index in [0.717, 1.165) is 49.2 Å². The maximum absolute atomic E-state index is 6.19. The van der Waals surface area contributed by atoms with E-state index in [1.165, 1.54) is 12.0 Å². The van der Waals surface area contributed by atoms with E-state index in [2.05, 4.69) is 30.9 Å². The lowest BCUT2D eigenvalue weighted by atomic mass is 10.0. The predicted octanol–water partition coefficient (Wildman–Crippen LogP) is 4.49. The van der Waals surface area contributed by atoms with Crippen LogP contribution in [0.5, 0.6) is 0 Å². The average molecular weight is 324 g/mol. The molecule has 22 heavy (non-hydrogen) atoms. The van der Waals surface area contributed by atoms with Crippen molar-refractivity contribution in [2.24, 2.45) is 7.05 Å². The van der Waals surface area contributed by atoms with Gasteiger partial charge < -0.3 is 4.74 Å². The molecule has 0 amide bonds. The molecule has 0 saturated heterocycles. The van der Waals surface area contributed by atoms with E-state index in [-0.39, 0.29) is 0 Å². The fourth-order valence-corrected chi connectivity index (χ4v) is 2.85. The maximum atomic E-state index is 6.19. The van der Waals surface area contributed by atoms with Crippen molar-refractivity contribution in [1.29, 1.82) is 0 Å². The highest BCUT2D eigenvalue weighted by atomic mass is 35.5. The second kappa shape index (κ2) is 7.93. The van der Waals surface area contributed by atoms with Gasteiger partial charge in [-0.3, -0.25) is 4.68 Å². The fourth-order valence-electron chi connectivity index (χ4n) is 2.64. The zero-order chi connectivity index (χ0) is 16.1. The van der Waals surface area contributed by atoms with Gasteiger partial charge in [-0.25, -0.2) is 4.98 Å². The SMILES string of the molecule is CCCCOCCCc1nn(C)c2c(C(C)C)cc(Cl)nc12. The summed E-state index contributed by atoms with van der Waals surface area (Å²) in [6, 6.07) is 1.95. The van der Waals surface area contributed by atoms with Crippen molar-refractivity contribution < 1.29 is 4.74 Å². The van der Waals surface area contributed by atoms with Gasteiger partial charge in [-0.2, -0.15) is 5.10 Å². The fraction of sp³-hybridized carbons (Fsp3) is 0.647. The van der Waals surface area contributed by atoms with Crippen LogP contribution in [0.3, 0.4) is 0 Å². The molecule has 0 spiro atoms. The lowest BCUT2D eigenvalue weighted by Crippen LogP contribution is -1.99. The van der Waals surface area contributed by atoms with Crippen LogP contribution in [0, 0.1) is 0 Å². The second-order valence-corrected chi connectivity index (χ2v) is 6.41. The summed E-state index contributed by atoms with van der Waals surface area (Å²) in [6.07, 6.45) is 4.13. The van der Waals surface area contributed by atoms with Gasteiger partial charge in [0.25, 0.3) is 0 Å². The van der Waals surface area contributed by atoms with E-state index in [4.69, 9.17) is 16.3 Å². The van der Waals surface area contributed by atoms with Gasteiger partial charge in [0, 0.05) is 20.3 Å². The highest BCUT2D eigenvalue weighted by Crippen LogP contribution is 2.29. The Kier molecular flexibility index (Phi) is 6.21. The first-order valence-electron chi connectivity index (χ1n) is 8.14. The standard InChI is InChI=1S/C17H26ClN3O/c1-5-6-9-22-10-7-8-14-16-17(21(4)20-14)13(12(2)3)11-15(18)19-16/h11-12H,5-10H2,1-4H3. The topological polar surface area (TPSA) is 39.9 Å². The monoisotopic (exact) mass is 323 g/mol. The lowest BCUT2D eigenvalue weighted by Gasteiger charge is -2.08. The van der Waals surface area contributed by atoms with Crippen LogP contribution >= 0.6 is 11.6 Å². The Bertz CT molecular complexity index is 622. The normalized spacial score (nSPS) is 11.7. The molecule has 0 saturated carbocycles. The van der Waals surface area contributed by atoms with Crippen LogP contribution in [0.15, 0.2) is 6.07 Å². The van der Waals surface area contributed by atoms with Gasteiger partial charge in [-0.15, -0.1) is 0 Å². The number of aromatic nitrogens is 3. The molecule has 0 aliphatic heterocycles. The average Bonchev–Trinajstić information content (AvgIpc) is 2.78. The number of fused-ring (bicyclic) bond motifs is 1. The molecule has 0 N–H and O–H groups in total. The molecule has 122 valence electrons. The van der Waals surface area contributed by atoms with Gasteiger partial charge >= 0.3 is 0 Å². The first kappa shape index (κ1) is 17.2. The van der Waals surface area contributed by atoms with Crippen LogP contribution in [0.1, 0.15) is 57.2 Å². The van der Waals surface area contributed by atoms with Gasteiger partial charge in [0.15, 0.2) is 0 Å². The molecule has 0 unspecified atom stereocenters. The number of halogens is 1. The molecule has 2 aromatic heterocycles. The van der Waals surface area contributed by atoms with Gasteiger partial charge in [0.05, 0.1) is 11.2 Å². The summed E-state index contributed by atoms with van der Waals surface area (Å²) in [4.78, 5) is 4.51. The van der Waals surface area contributed by atoms with E-state index in [9.17, 15) is 0 Å². The van der Waals surface area contributed by atoms with Gasteiger partial charge in [-0.05, 0) is 36.8 Å². The minimum Gasteiger partial charge on any atom is -0.381 e. The zero-order valence-corrected chi connectivity index (χ0v) is 14.8. The number of nitrogens with zero attached hydrogens (tertiary/aromatic N) is 3. The summed E-state index contributed by atoms with van der Waals surface area (Å²) >= 11 is 6.19. The molecule has 0 aliphatic rings. The van der Waals surface area contributed by atoms with E-state index < -0.39 is 0 Å². The molecule has 0 bridgehead atoms. The van der Waals surface area contributed by atoms with E-state index in [0.29, 0.717) is 11.1 Å². The largest absolute Gasteiger partial charge is 0.381 e. The van der Waals surface area contributed by atoms with Crippen molar-refractivity contribution in [2.75, 3.05) is 13.2 Å². The zero-order valence-electron chi connectivity index (χ0n) is 14.0. The Morgan fingerprint density at radius 2 is 2.00 bits per heavy atom. The van der Waals surface area contributed by atoms with Crippen molar-refractivity contribution >= 4 is 22.6 Å². The smallest absolute Gasteiger partial charge is 0.130 e. The Morgan fingerprint density at radius 3 is 2.68 bits per heavy atom. The Labute approximate surface area is 137 Å². The lowest BCUT2D eigenvalue weighted by molar-refractivity contribution is 0.129. The van der Waals surface area contributed by atoms with Crippen LogP contribution in [0.2, 0.25) is 5.15 Å². The molecule has 2 aromatic rings. The summed E-state index contributed by atoms with van der Waals surface area (Å²) < 4.78 is 7.55. The van der Waals surface area contributed by atoms with E-state index in [1.54, 1.807) is 0 Å². The molecule has 0 aliphatic carbocycles. The van der Waals surface area contributed by atoms with Crippen molar-refractivity contribution in [3.63, 3.8) is 0 Å². The number of hydrogen-bond donors (Lipinski definition) is 0. The van der Waals surface area contributed by atoms with Crippen molar-refractivity contribution in [3.8, 4) is 0 Å². The summed E-state index contributed by atoms with van der Waals surface area (Å²) in [5, 5.41) is 5.19. The highest BCUT2D eigenvalue weighted by molar-refractivity contribution is 6.29. The molecule has 5 heteroatoms. The summed E-state index contributed by atoms with van der Waals surface area (Å²) in [6.45, 7) is 8.13. The number of unbranched alkanes of at least 4 members (excludes halogenated alkanes) is 1. The number of pyridine rings is 1. The molecule has 0 atom stereocenters. The number of hydrogen-bond acceptors (Lipinski definition) is 3. The molecule has 0 radical (unpaired) electrons. The first-order valence-corrected chi connectivity index (χ1v) is 8.52. The molecule has 2 rings (SSSR count). The van der Waals surface area contributed by atoms with Crippen LogP contribution in [-0.4, -0.2) is 28.0 Å². The van der Waals surface area contributed by atoms with Crippen LogP contribution < -0.4 is 0 Å². The molecular formula is C17H26ClN3O. The Morgan fingerprint density at radius 1 is 1.27 bits per heavy atom. The highest BCUT2D eigenvalue weighted by Gasteiger charge is 2.16. The summed E-state index contributed by atoms with van der Waals surface area (Å²) in [5.41, 5.74) is 4.25. The van der Waals surface area contributed by atoms with Gasteiger partial charge in [-0.1, -0.05) is 38.8 Å². The molecule has 0 fully saturated rings. The minimum atomic E-state index is 0.392. The predicted molar refractivity (Wildman–Crippen MR) is 91.7 cm³/mol. The number of aryl methyl sites for hydroxylation is 2. The maximum Gasteiger partial charge on any atom is 0.130 e. The second-order valence-electron chi connectivity index (χ2n) is 6.03. The third kappa shape index (κ3) is 3.99. The first-order chi connectivity index (χ1) is 10.5. The van der Waals surface area contributed by atoms with Crippen molar-refractivity contribution in [2.45, 2.75) is 52.4 Å². The van der Waals surface area contributed by atoms with Gasteiger partial charge in [0.1, 0.15) is 10.7 Å². The van der Waals surface area contributed by atoms with Crippen molar-refractivity contribution in [3.05, 3.63) is 22.5 Å². The molecule has 0 aromatic carbocycles. The van der Waals surface area contributed by atoms with Gasteiger partial charge in [0.2, 0.25) is 0 Å². The molecule has 2 heterocycles. The third-order valence-corrected chi connectivity index (χ3v) is 4.02. The minimum absolute atomic E-state index is 0.392. The number of ether oxygens (including phenoxy) is 1. The van der Waals surface area contributed by atoms with Crippen LogP contribution in [0.4, 0.5) is 0 Å². The number of rotatable bonds is 8.